The predicted octanol–water partition coefficient (Wildman–Crippen LogP) is -0.402. The van der Waals surface area contributed by atoms with E-state index in [1.54, 1.807) is 7.11 Å². The fourth-order valence-corrected chi connectivity index (χ4v) is 2.37. The minimum atomic E-state index is -0.468. The Morgan fingerprint density at radius 2 is 2.11 bits per heavy atom. The number of amides is 1. The summed E-state index contributed by atoms with van der Waals surface area (Å²) in [5, 5.41) is 9.83. The Balaban J connectivity index is 2.09. The number of hydrogen-bond acceptors (Lipinski definition) is 5. The summed E-state index contributed by atoms with van der Waals surface area (Å²) >= 11 is 0. The van der Waals surface area contributed by atoms with E-state index in [1.165, 1.54) is 0 Å². The van der Waals surface area contributed by atoms with E-state index in [1.807, 2.05) is 0 Å². The number of likely N-dealkylation sites (tertiary alicyclic amines) is 1. The molecule has 1 aliphatic rings. The number of piperidine rings is 1. The quantitative estimate of drug-likeness (QED) is 0.559. The first-order valence-electron chi connectivity index (χ1n) is 6.87. The van der Waals surface area contributed by atoms with Crippen molar-refractivity contribution in [3.8, 4) is 0 Å². The number of ether oxygens (including phenoxy) is 2. The van der Waals surface area contributed by atoms with Gasteiger partial charge in [0, 0.05) is 20.1 Å². The number of carbonyl (C=O) groups is 1. The molecule has 0 spiro atoms. The molecule has 3 N–H and O–H groups in total. The Kier molecular flexibility index (Phi) is 7.97. The summed E-state index contributed by atoms with van der Waals surface area (Å²) in [6.45, 7) is 3.83. The van der Waals surface area contributed by atoms with Crippen LogP contribution in [0.15, 0.2) is 0 Å². The second kappa shape index (κ2) is 9.25. The molecule has 0 saturated carbocycles. The molecule has 1 saturated heterocycles. The van der Waals surface area contributed by atoms with Crippen LogP contribution in [0.2, 0.25) is 0 Å². The number of β-amino-alcohol motifs (C(OH)–C–C–N with tert-alkyl or cyclic N) is 1. The van der Waals surface area contributed by atoms with Crippen LogP contribution in [0.4, 0.5) is 0 Å². The lowest BCUT2D eigenvalue weighted by molar-refractivity contribution is -0.119. The van der Waals surface area contributed by atoms with E-state index in [9.17, 15) is 9.90 Å². The van der Waals surface area contributed by atoms with Crippen molar-refractivity contribution < 1.29 is 19.4 Å². The first kappa shape index (κ1) is 16.4. The Labute approximate surface area is 114 Å². The van der Waals surface area contributed by atoms with Crippen LogP contribution in [0, 0.1) is 5.92 Å². The fraction of sp³-hybridized carbons (Fsp3) is 0.923. The van der Waals surface area contributed by atoms with Crippen molar-refractivity contribution in [1.82, 2.24) is 4.90 Å². The number of methoxy groups -OCH3 is 1. The molecule has 1 atom stereocenters. The topological polar surface area (TPSA) is 85.0 Å². The highest BCUT2D eigenvalue weighted by atomic mass is 16.5. The highest BCUT2D eigenvalue weighted by molar-refractivity contribution is 5.73. The van der Waals surface area contributed by atoms with Gasteiger partial charge in [-0.1, -0.05) is 0 Å². The van der Waals surface area contributed by atoms with Gasteiger partial charge in [0.1, 0.15) is 0 Å². The van der Waals surface area contributed by atoms with Crippen molar-refractivity contribution in [2.45, 2.75) is 25.4 Å². The molecule has 1 unspecified atom stereocenters. The lowest BCUT2D eigenvalue weighted by Gasteiger charge is -2.32. The number of nitrogens with zero attached hydrogens (tertiary/aromatic N) is 1. The zero-order valence-corrected chi connectivity index (χ0v) is 11.7. The Bertz CT molecular complexity index is 255. The van der Waals surface area contributed by atoms with Gasteiger partial charge in [-0.15, -0.1) is 0 Å². The minimum Gasteiger partial charge on any atom is -0.389 e. The molecule has 6 heteroatoms. The summed E-state index contributed by atoms with van der Waals surface area (Å²) in [6, 6.07) is 0. The molecule has 0 aromatic heterocycles. The van der Waals surface area contributed by atoms with Crippen molar-refractivity contribution in [3.63, 3.8) is 0 Å². The molecule has 1 amide bonds. The predicted molar refractivity (Wildman–Crippen MR) is 71.7 cm³/mol. The first-order valence-corrected chi connectivity index (χ1v) is 6.87. The van der Waals surface area contributed by atoms with Gasteiger partial charge in [0.25, 0.3) is 0 Å². The second-order valence-corrected chi connectivity index (χ2v) is 5.14. The van der Waals surface area contributed by atoms with Crippen molar-refractivity contribution in [2.75, 3.05) is 46.6 Å². The minimum absolute atomic E-state index is 0.218. The van der Waals surface area contributed by atoms with Gasteiger partial charge in [-0.2, -0.15) is 0 Å². The van der Waals surface area contributed by atoms with Crippen molar-refractivity contribution >= 4 is 5.91 Å². The van der Waals surface area contributed by atoms with E-state index >= 15 is 0 Å². The molecule has 19 heavy (non-hydrogen) atoms. The molecule has 1 fully saturated rings. The summed E-state index contributed by atoms with van der Waals surface area (Å²) in [4.78, 5) is 13.1. The molecule has 0 aliphatic carbocycles. The monoisotopic (exact) mass is 274 g/mol. The van der Waals surface area contributed by atoms with Crippen LogP contribution in [0.1, 0.15) is 19.3 Å². The molecule has 1 aliphatic heterocycles. The van der Waals surface area contributed by atoms with Gasteiger partial charge in [-0.05, 0) is 31.8 Å². The average molecular weight is 274 g/mol. The smallest absolute Gasteiger partial charge is 0.217 e. The third-order valence-corrected chi connectivity index (χ3v) is 3.41. The highest BCUT2D eigenvalue weighted by Gasteiger charge is 2.22. The Morgan fingerprint density at radius 3 is 2.68 bits per heavy atom. The van der Waals surface area contributed by atoms with Crippen LogP contribution in [0.25, 0.3) is 0 Å². The highest BCUT2D eigenvalue weighted by Crippen LogP contribution is 2.20. The van der Waals surface area contributed by atoms with E-state index in [0.717, 1.165) is 25.9 Å². The van der Waals surface area contributed by atoms with Gasteiger partial charge < -0.3 is 25.2 Å². The molecule has 0 radical (unpaired) electrons. The zero-order valence-electron chi connectivity index (χ0n) is 11.7. The lowest BCUT2D eigenvalue weighted by atomic mass is 9.93. The van der Waals surface area contributed by atoms with Gasteiger partial charge in [0.15, 0.2) is 0 Å². The third kappa shape index (κ3) is 7.47. The van der Waals surface area contributed by atoms with Crippen LogP contribution in [-0.4, -0.2) is 68.6 Å². The van der Waals surface area contributed by atoms with Crippen LogP contribution < -0.4 is 5.73 Å². The van der Waals surface area contributed by atoms with Crippen LogP contribution >= 0.6 is 0 Å². The summed E-state index contributed by atoms with van der Waals surface area (Å²) in [6.07, 6.45) is 1.96. The molecule has 1 heterocycles. The first-order chi connectivity index (χ1) is 9.11. The number of aliphatic hydroxyl groups excluding tert-OH is 1. The van der Waals surface area contributed by atoms with E-state index in [-0.39, 0.29) is 5.91 Å². The summed E-state index contributed by atoms with van der Waals surface area (Å²) in [5.41, 5.74) is 5.20. The Morgan fingerprint density at radius 1 is 1.42 bits per heavy atom. The summed E-state index contributed by atoms with van der Waals surface area (Å²) in [5.74, 6) is 0.189. The molecule has 6 nitrogen and oxygen atoms in total. The van der Waals surface area contributed by atoms with Gasteiger partial charge in [0.2, 0.25) is 5.91 Å². The maximum Gasteiger partial charge on any atom is 0.217 e. The number of aliphatic hydroxyl groups is 1. The molecular formula is C13H26N2O4. The number of rotatable bonds is 9. The van der Waals surface area contributed by atoms with E-state index in [0.29, 0.717) is 38.7 Å². The van der Waals surface area contributed by atoms with Gasteiger partial charge in [0.05, 0.1) is 25.9 Å². The zero-order chi connectivity index (χ0) is 14.1. The van der Waals surface area contributed by atoms with Crippen molar-refractivity contribution in [3.05, 3.63) is 0 Å². The van der Waals surface area contributed by atoms with E-state index in [4.69, 9.17) is 15.2 Å². The largest absolute Gasteiger partial charge is 0.389 e. The fourth-order valence-electron chi connectivity index (χ4n) is 2.37. The molecule has 0 aromatic carbocycles. The summed E-state index contributed by atoms with van der Waals surface area (Å²) in [7, 11) is 1.62. The number of carbonyl (C=O) groups excluding carboxylic acids is 1. The normalized spacial score (nSPS) is 19.5. The molecule has 1 rings (SSSR count). The maximum absolute atomic E-state index is 10.8. The molecule has 112 valence electrons. The maximum atomic E-state index is 10.8. The summed E-state index contributed by atoms with van der Waals surface area (Å²) < 4.78 is 10.2. The van der Waals surface area contributed by atoms with Crippen LogP contribution in [0.5, 0.6) is 0 Å². The van der Waals surface area contributed by atoms with Crippen LogP contribution in [-0.2, 0) is 14.3 Å². The van der Waals surface area contributed by atoms with Crippen molar-refractivity contribution in [1.29, 1.82) is 0 Å². The molecule has 0 bridgehead atoms. The van der Waals surface area contributed by atoms with Gasteiger partial charge in [-0.25, -0.2) is 0 Å². The van der Waals surface area contributed by atoms with Crippen LogP contribution in [0.3, 0.4) is 0 Å². The Hall–Kier alpha value is -0.690. The van der Waals surface area contributed by atoms with E-state index < -0.39 is 6.10 Å². The number of hydrogen-bond donors (Lipinski definition) is 2. The average Bonchev–Trinajstić information content (AvgIpc) is 2.36. The molecular weight excluding hydrogens is 248 g/mol. The third-order valence-electron chi connectivity index (χ3n) is 3.41. The number of nitrogens with two attached hydrogens (primary N) is 1. The van der Waals surface area contributed by atoms with Gasteiger partial charge >= 0.3 is 0 Å². The SMILES string of the molecule is COCCOCC(O)CN1CCC(CC(N)=O)CC1. The molecule has 0 aromatic rings. The van der Waals surface area contributed by atoms with Crippen molar-refractivity contribution in [2.24, 2.45) is 11.7 Å². The second-order valence-electron chi connectivity index (χ2n) is 5.14. The number of primary amides is 1. The van der Waals surface area contributed by atoms with E-state index in [2.05, 4.69) is 4.90 Å². The van der Waals surface area contributed by atoms with Gasteiger partial charge in [-0.3, -0.25) is 4.79 Å². The standard InChI is InChI=1S/C13H26N2O4/c1-18-6-7-19-10-12(16)9-15-4-2-11(3-5-15)8-13(14)17/h11-12,16H,2-10H2,1H3,(H2,14,17). The lowest BCUT2D eigenvalue weighted by Crippen LogP contribution is -2.41.